The second kappa shape index (κ2) is 24.3. The summed E-state index contributed by atoms with van der Waals surface area (Å²) < 4.78 is 5.55. The maximum atomic E-state index is 11.4. The van der Waals surface area contributed by atoms with Gasteiger partial charge in [0.1, 0.15) is 0 Å². The molecule has 0 bridgehead atoms. The van der Waals surface area contributed by atoms with Gasteiger partial charge in [0.2, 0.25) is 5.91 Å². The van der Waals surface area contributed by atoms with Gasteiger partial charge in [-0.3, -0.25) is 9.79 Å². The van der Waals surface area contributed by atoms with E-state index < -0.39 is 0 Å². The summed E-state index contributed by atoms with van der Waals surface area (Å²) in [5.41, 5.74) is 7.66. The first kappa shape index (κ1) is 35.7. The third-order valence-electron chi connectivity index (χ3n) is 5.43. The summed E-state index contributed by atoms with van der Waals surface area (Å²) in [5.74, 6) is 6.83. The zero-order valence-corrected chi connectivity index (χ0v) is 24.1. The van der Waals surface area contributed by atoms with Crippen LogP contribution in [0.5, 0.6) is 0 Å². The van der Waals surface area contributed by atoms with Gasteiger partial charge in [0.05, 0.1) is 13.2 Å². The van der Waals surface area contributed by atoms with Gasteiger partial charge in [-0.15, -0.1) is 0 Å². The van der Waals surface area contributed by atoms with Gasteiger partial charge in [-0.2, -0.15) is 0 Å². The van der Waals surface area contributed by atoms with Gasteiger partial charge in [0.25, 0.3) is 0 Å². The molecule has 0 atom stereocenters. The monoisotopic (exact) mass is 506 g/mol. The van der Waals surface area contributed by atoms with E-state index in [1.54, 1.807) is 19.2 Å². The molecule has 0 aromatic heterocycles. The topological polar surface area (TPSA) is 100 Å². The summed E-state index contributed by atoms with van der Waals surface area (Å²) in [6.07, 6.45) is 14.6. The van der Waals surface area contributed by atoms with E-state index in [-0.39, 0.29) is 5.91 Å². The third kappa shape index (κ3) is 19.8. The van der Waals surface area contributed by atoms with Gasteiger partial charge in [-0.1, -0.05) is 32.9 Å². The van der Waals surface area contributed by atoms with Gasteiger partial charge < -0.3 is 25.3 Å². The minimum absolute atomic E-state index is 0.105. The molecule has 4 N–H and O–H groups in total. The van der Waals surface area contributed by atoms with Crippen molar-refractivity contribution >= 4 is 12.6 Å². The minimum atomic E-state index is 0.105. The van der Waals surface area contributed by atoms with E-state index in [1.165, 1.54) is 24.7 Å². The van der Waals surface area contributed by atoms with Crippen LogP contribution in [-0.4, -0.2) is 80.4 Å². The summed E-state index contributed by atoms with van der Waals surface area (Å²) in [4.78, 5) is 19.1. The van der Waals surface area contributed by atoms with E-state index in [0.717, 1.165) is 50.6 Å². The molecule has 1 aliphatic rings. The fraction of sp³-hybridized carbons (Fsp3) is 0.643. The maximum Gasteiger partial charge on any atom is 0.219 e. The number of rotatable bonds is 16. The lowest BCUT2D eigenvalue weighted by Gasteiger charge is -2.24. The molecule has 1 aliphatic carbocycles. The molecule has 1 saturated carbocycles. The number of likely N-dealkylation sites (N-methyl/N-ethyl adjacent to an activating group) is 2. The highest BCUT2D eigenvalue weighted by atomic mass is 16.5. The van der Waals surface area contributed by atoms with Crippen molar-refractivity contribution in [1.29, 1.82) is 0 Å². The quantitative estimate of drug-likeness (QED) is 0.106. The van der Waals surface area contributed by atoms with Crippen LogP contribution in [0, 0.1) is 5.92 Å². The van der Waals surface area contributed by atoms with E-state index in [0.29, 0.717) is 13.2 Å². The van der Waals surface area contributed by atoms with Crippen LogP contribution < -0.4 is 11.6 Å². The predicted molar refractivity (Wildman–Crippen MR) is 155 cm³/mol. The Hall–Kier alpha value is -2.42. The van der Waals surface area contributed by atoms with Crippen molar-refractivity contribution in [2.24, 2.45) is 22.5 Å². The molecule has 0 radical (unpaired) electrons. The molecule has 1 fully saturated rings. The molecule has 0 unspecified atom stereocenters. The summed E-state index contributed by atoms with van der Waals surface area (Å²) in [6, 6.07) is 0. The second-order valence-electron chi connectivity index (χ2n) is 8.36. The standard InChI is InChI=1S/C17H30N4O2.C9H18N2.C2H6/c1-5-21(16(2)22)12-11-20(4)14-17(8-6-10-19-3)15-23-13-7-9-18;1-3-9(4-2)11(10)7-8-5-6-8;1-2/h6-10H,3,5,11-15,18H2,1-2,4H3;3,8H,4-7,10H2,1-2H3;1-2H3/b9-7+,10-6-,17-8-;9-3+;. The van der Waals surface area contributed by atoms with Crippen LogP contribution in [0.1, 0.15) is 60.8 Å². The smallest absolute Gasteiger partial charge is 0.219 e. The maximum absolute atomic E-state index is 11.4. The number of ether oxygens (including phenoxy) is 1. The van der Waals surface area contributed by atoms with Crippen LogP contribution >= 0.6 is 0 Å². The number of carbonyl (C=O) groups is 1. The van der Waals surface area contributed by atoms with E-state index in [1.807, 2.05) is 56.8 Å². The number of aliphatic imine (C=N–C) groups is 1. The van der Waals surface area contributed by atoms with Gasteiger partial charge in [-0.25, -0.2) is 5.84 Å². The van der Waals surface area contributed by atoms with Crippen molar-refractivity contribution < 1.29 is 9.53 Å². The Labute approximate surface area is 221 Å². The summed E-state index contributed by atoms with van der Waals surface area (Å²) >= 11 is 0. The molecular weight excluding hydrogens is 452 g/mol. The molecule has 0 saturated heterocycles. The normalized spacial score (nSPS) is 13.8. The third-order valence-corrected chi connectivity index (χ3v) is 5.43. The summed E-state index contributed by atoms with van der Waals surface area (Å²) in [6.45, 7) is 20.2. The molecule has 8 nitrogen and oxygen atoms in total. The highest BCUT2D eigenvalue weighted by molar-refractivity contribution is 5.73. The van der Waals surface area contributed by atoms with E-state index in [2.05, 4.69) is 29.6 Å². The largest absolute Gasteiger partial charge is 0.405 e. The number of allylic oxidation sites excluding steroid dienone is 4. The van der Waals surface area contributed by atoms with Crippen LogP contribution in [0.25, 0.3) is 0 Å². The number of nitrogens with zero attached hydrogens (tertiary/aromatic N) is 4. The Kier molecular flexibility index (Phi) is 24.1. The molecule has 0 spiro atoms. The second-order valence-corrected chi connectivity index (χ2v) is 8.36. The molecule has 208 valence electrons. The SMILES string of the molecule is C/C=C(\CC)N(N)CC1CC1.C=N/C=C\C=C(/COC/C=C/N)CN(C)CCN(CC)C(C)=O.CC. The lowest BCUT2D eigenvalue weighted by atomic mass is 10.2. The molecule has 0 heterocycles. The van der Waals surface area contributed by atoms with Gasteiger partial charge in [0, 0.05) is 51.5 Å². The number of hydrazine groups is 1. The Morgan fingerprint density at radius 1 is 1.22 bits per heavy atom. The van der Waals surface area contributed by atoms with Crippen molar-refractivity contribution in [2.45, 2.75) is 60.8 Å². The number of nitrogens with two attached hydrogens (primary N) is 2. The van der Waals surface area contributed by atoms with Crippen LogP contribution in [0.2, 0.25) is 0 Å². The van der Waals surface area contributed by atoms with Crippen LogP contribution in [0.3, 0.4) is 0 Å². The van der Waals surface area contributed by atoms with E-state index in [9.17, 15) is 4.79 Å². The molecular formula is C28H54N6O2. The highest BCUT2D eigenvalue weighted by Crippen LogP contribution is 2.29. The lowest BCUT2D eigenvalue weighted by Crippen LogP contribution is -2.36. The molecule has 0 aliphatic heterocycles. The first-order valence-corrected chi connectivity index (χ1v) is 13.2. The molecule has 8 heteroatoms. The van der Waals surface area contributed by atoms with Crippen molar-refractivity contribution in [3.05, 3.63) is 48.0 Å². The molecule has 1 amide bonds. The number of amides is 1. The minimum Gasteiger partial charge on any atom is -0.405 e. The average molecular weight is 507 g/mol. The Morgan fingerprint density at radius 3 is 2.36 bits per heavy atom. The first-order chi connectivity index (χ1) is 17.3. The van der Waals surface area contributed by atoms with Crippen LogP contribution in [0.4, 0.5) is 0 Å². The predicted octanol–water partition coefficient (Wildman–Crippen LogP) is 4.33. The summed E-state index contributed by atoms with van der Waals surface area (Å²) in [7, 11) is 2.02. The number of hydrogen-bond donors (Lipinski definition) is 2. The number of hydrogen-bond acceptors (Lipinski definition) is 7. The zero-order valence-electron chi connectivity index (χ0n) is 24.1. The molecule has 36 heavy (non-hydrogen) atoms. The number of carbonyl (C=O) groups excluding carboxylic acids is 1. The Morgan fingerprint density at radius 2 is 1.89 bits per heavy atom. The summed E-state index contributed by atoms with van der Waals surface area (Å²) in [5, 5.41) is 1.90. The van der Waals surface area contributed by atoms with Gasteiger partial charge in [0.15, 0.2) is 0 Å². The van der Waals surface area contributed by atoms with Gasteiger partial charge >= 0.3 is 0 Å². The van der Waals surface area contributed by atoms with Crippen LogP contribution in [0.15, 0.2) is 53.0 Å². The Balaban J connectivity index is 0. The van der Waals surface area contributed by atoms with Crippen LogP contribution in [-0.2, 0) is 9.53 Å². The van der Waals surface area contributed by atoms with E-state index in [4.69, 9.17) is 16.3 Å². The average Bonchev–Trinajstić information content (AvgIpc) is 3.68. The zero-order chi connectivity index (χ0) is 27.8. The van der Waals surface area contributed by atoms with Gasteiger partial charge in [-0.05, 0) is 76.7 Å². The highest BCUT2D eigenvalue weighted by Gasteiger charge is 2.23. The molecule has 0 aromatic carbocycles. The fourth-order valence-corrected chi connectivity index (χ4v) is 3.22. The Bertz CT molecular complexity index is 684. The fourth-order valence-electron chi connectivity index (χ4n) is 3.22. The van der Waals surface area contributed by atoms with Crippen molar-refractivity contribution in [1.82, 2.24) is 14.8 Å². The van der Waals surface area contributed by atoms with E-state index >= 15 is 0 Å². The van der Waals surface area contributed by atoms with Crippen molar-refractivity contribution in [3.8, 4) is 0 Å². The molecule has 0 aromatic rings. The van der Waals surface area contributed by atoms with Crippen molar-refractivity contribution in [2.75, 3.05) is 53.0 Å². The lowest BCUT2D eigenvalue weighted by molar-refractivity contribution is -0.128. The molecule has 1 rings (SSSR count). The van der Waals surface area contributed by atoms with Crippen molar-refractivity contribution in [3.63, 3.8) is 0 Å². The first-order valence-electron chi connectivity index (χ1n) is 13.2.